The number of carbonyl (C=O) groups is 3. The standard InChI is InChI=1S/C17H19NO5/c1-17(16(21)23-4)12-6-5-10(22-3)7-9(12)8-11-13(17)15(20)18(2)14(11)19/h5-7,11,13H,8H2,1-4H3/t11-,13+,17-/m1/s1. The van der Waals surface area contributed by atoms with Gasteiger partial charge in [-0.15, -0.1) is 0 Å². The van der Waals surface area contributed by atoms with E-state index < -0.39 is 23.2 Å². The molecule has 0 N–H and O–H groups in total. The maximum atomic E-state index is 12.6. The number of amides is 2. The minimum Gasteiger partial charge on any atom is -0.497 e. The van der Waals surface area contributed by atoms with Crippen molar-refractivity contribution in [1.82, 2.24) is 4.90 Å². The van der Waals surface area contributed by atoms with Gasteiger partial charge in [-0.2, -0.15) is 0 Å². The van der Waals surface area contributed by atoms with Crippen LogP contribution in [0.5, 0.6) is 5.75 Å². The molecule has 1 aliphatic heterocycles. The Morgan fingerprint density at radius 3 is 2.57 bits per heavy atom. The summed E-state index contributed by atoms with van der Waals surface area (Å²) in [5.41, 5.74) is 0.384. The minimum absolute atomic E-state index is 0.247. The van der Waals surface area contributed by atoms with Crippen LogP contribution in [0.3, 0.4) is 0 Å². The number of fused-ring (bicyclic) bond motifs is 2. The zero-order valence-corrected chi connectivity index (χ0v) is 13.6. The molecule has 0 unspecified atom stereocenters. The number of imide groups is 1. The molecule has 1 fully saturated rings. The highest BCUT2D eigenvalue weighted by atomic mass is 16.5. The Bertz CT molecular complexity index is 713. The third-order valence-electron chi connectivity index (χ3n) is 5.19. The number of carbonyl (C=O) groups excluding carboxylic acids is 3. The summed E-state index contributed by atoms with van der Waals surface area (Å²) in [6.07, 6.45) is 0.415. The number of hydrogen-bond acceptors (Lipinski definition) is 5. The lowest BCUT2D eigenvalue weighted by atomic mass is 9.60. The van der Waals surface area contributed by atoms with Gasteiger partial charge in [0.2, 0.25) is 11.8 Å². The van der Waals surface area contributed by atoms with E-state index in [1.54, 1.807) is 26.2 Å². The lowest BCUT2D eigenvalue weighted by Crippen LogP contribution is -2.50. The topological polar surface area (TPSA) is 72.9 Å². The van der Waals surface area contributed by atoms with Gasteiger partial charge < -0.3 is 9.47 Å². The maximum absolute atomic E-state index is 12.6. The summed E-state index contributed by atoms with van der Waals surface area (Å²) < 4.78 is 10.2. The number of benzene rings is 1. The maximum Gasteiger partial charge on any atom is 0.316 e. The molecule has 1 aliphatic carbocycles. The molecule has 0 bridgehead atoms. The molecule has 0 radical (unpaired) electrons. The number of methoxy groups -OCH3 is 2. The quantitative estimate of drug-likeness (QED) is 0.599. The Morgan fingerprint density at radius 1 is 1.26 bits per heavy atom. The number of rotatable bonds is 2. The van der Waals surface area contributed by atoms with Crippen molar-refractivity contribution >= 4 is 17.8 Å². The normalized spacial score (nSPS) is 29.1. The molecule has 2 amide bonds. The molecule has 6 heteroatoms. The summed E-state index contributed by atoms with van der Waals surface area (Å²) in [5, 5.41) is 0. The first kappa shape index (κ1) is 15.5. The highest BCUT2D eigenvalue weighted by molar-refractivity contribution is 6.09. The molecule has 6 nitrogen and oxygen atoms in total. The van der Waals surface area contributed by atoms with Crippen LogP contribution >= 0.6 is 0 Å². The molecule has 1 saturated heterocycles. The Labute approximate surface area is 134 Å². The van der Waals surface area contributed by atoms with Crippen LogP contribution in [0.4, 0.5) is 0 Å². The monoisotopic (exact) mass is 317 g/mol. The second-order valence-electron chi connectivity index (χ2n) is 6.24. The fraction of sp³-hybridized carbons (Fsp3) is 0.471. The van der Waals surface area contributed by atoms with Gasteiger partial charge in [0.25, 0.3) is 0 Å². The van der Waals surface area contributed by atoms with Gasteiger partial charge in [0.05, 0.1) is 26.1 Å². The van der Waals surface area contributed by atoms with Gasteiger partial charge in [-0.05, 0) is 36.6 Å². The third kappa shape index (κ3) is 1.90. The van der Waals surface area contributed by atoms with Crippen molar-refractivity contribution in [3.63, 3.8) is 0 Å². The van der Waals surface area contributed by atoms with Gasteiger partial charge in [-0.1, -0.05) is 6.07 Å². The van der Waals surface area contributed by atoms with Gasteiger partial charge in [0, 0.05) is 7.05 Å². The first-order valence-electron chi connectivity index (χ1n) is 7.43. The lowest BCUT2D eigenvalue weighted by Gasteiger charge is -2.39. The molecule has 1 heterocycles. The number of likely N-dealkylation sites (tertiary alicyclic amines) is 1. The van der Waals surface area contributed by atoms with Crippen LogP contribution in [-0.4, -0.2) is 44.0 Å². The third-order valence-corrected chi connectivity index (χ3v) is 5.19. The molecule has 122 valence electrons. The highest BCUT2D eigenvalue weighted by Gasteiger charge is 2.61. The van der Waals surface area contributed by atoms with E-state index >= 15 is 0 Å². The summed E-state index contributed by atoms with van der Waals surface area (Å²) in [6.45, 7) is 1.69. The fourth-order valence-electron chi connectivity index (χ4n) is 3.96. The molecule has 23 heavy (non-hydrogen) atoms. The van der Waals surface area contributed by atoms with Crippen molar-refractivity contribution in [2.24, 2.45) is 11.8 Å². The molecule has 0 spiro atoms. The van der Waals surface area contributed by atoms with Crippen LogP contribution in [0.1, 0.15) is 18.1 Å². The molecule has 1 aromatic rings. The first-order valence-corrected chi connectivity index (χ1v) is 7.43. The van der Waals surface area contributed by atoms with Gasteiger partial charge in [-0.3, -0.25) is 19.3 Å². The summed E-state index contributed by atoms with van der Waals surface area (Å²) in [6, 6.07) is 5.37. The second-order valence-corrected chi connectivity index (χ2v) is 6.24. The van der Waals surface area contributed by atoms with Gasteiger partial charge >= 0.3 is 5.97 Å². The molecule has 0 saturated carbocycles. The van der Waals surface area contributed by atoms with Gasteiger partial charge in [-0.25, -0.2) is 0 Å². The van der Waals surface area contributed by atoms with E-state index in [-0.39, 0.29) is 11.8 Å². The number of hydrogen-bond donors (Lipinski definition) is 0. The Kier molecular flexibility index (Phi) is 3.43. The van der Waals surface area contributed by atoms with Crippen LogP contribution in [0, 0.1) is 11.8 Å². The first-order chi connectivity index (χ1) is 10.9. The second kappa shape index (κ2) is 5.08. The fourth-order valence-corrected chi connectivity index (χ4v) is 3.96. The average Bonchev–Trinajstić information content (AvgIpc) is 2.78. The van der Waals surface area contributed by atoms with E-state index in [4.69, 9.17) is 9.47 Å². The van der Waals surface area contributed by atoms with E-state index in [0.29, 0.717) is 12.2 Å². The van der Waals surface area contributed by atoms with Crippen LogP contribution < -0.4 is 4.74 Å². The van der Waals surface area contributed by atoms with Crippen molar-refractivity contribution in [3.8, 4) is 5.75 Å². The van der Waals surface area contributed by atoms with E-state index in [1.807, 2.05) is 6.07 Å². The highest BCUT2D eigenvalue weighted by Crippen LogP contribution is 2.49. The number of nitrogens with zero attached hydrogens (tertiary/aromatic N) is 1. The van der Waals surface area contributed by atoms with E-state index in [0.717, 1.165) is 16.0 Å². The molecule has 1 aromatic carbocycles. The van der Waals surface area contributed by atoms with E-state index in [9.17, 15) is 14.4 Å². The molecular weight excluding hydrogens is 298 g/mol. The summed E-state index contributed by atoms with van der Waals surface area (Å²) in [7, 11) is 4.32. The largest absolute Gasteiger partial charge is 0.497 e. The number of ether oxygens (including phenoxy) is 2. The average molecular weight is 317 g/mol. The SMILES string of the molecule is COC(=O)[C@]1(C)c2ccc(OC)cc2C[C@H]2C(=O)N(C)C(=O)[C@H]21. The minimum atomic E-state index is -1.18. The summed E-state index contributed by atoms with van der Waals surface area (Å²) in [5.74, 6) is -1.70. The van der Waals surface area contributed by atoms with Crippen LogP contribution in [-0.2, 0) is 31.0 Å². The predicted octanol–water partition coefficient (Wildman–Crippen LogP) is 0.913. The predicted molar refractivity (Wildman–Crippen MR) is 80.8 cm³/mol. The zero-order chi connectivity index (χ0) is 16.9. The van der Waals surface area contributed by atoms with Gasteiger partial charge in [0.1, 0.15) is 11.2 Å². The van der Waals surface area contributed by atoms with Crippen molar-refractivity contribution in [2.45, 2.75) is 18.8 Å². The van der Waals surface area contributed by atoms with E-state index in [2.05, 4.69) is 0 Å². The van der Waals surface area contributed by atoms with Crippen molar-refractivity contribution in [1.29, 1.82) is 0 Å². The number of esters is 1. The molecular formula is C17H19NO5. The molecule has 2 aliphatic rings. The van der Waals surface area contributed by atoms with Crippen LogP contribution in [0.25, 0.3) is 0 Å². The Balaban J connectivity index is 2.24. The molecule has 0 aromatic heterocycles. The molecule has 3 atom stereocenters. The lowest BCUT2D eigenvalue weighted by molar-refractivity contribution is -0.153. The summed E-state index contributed by atoms with van der Waals surface area (Å²) >= 11 is 0. The van der Waals surface area contributed by atoms with Crippen LogP contribution in [0.15, 0.2) is 18.2 Å². The Hall–Kier alpha value is -2.37. The van der Waals surface area contributed by atoms with Crippen LogP contribution in [0.2, 0.25) is 0 Å². The smallest absolute Gasteiger partial charge is 0.316 e. The molecule has 3 rings (SSSR count). The van der Waals surface area contributed by atoms with E-state index in [1.165, 1.54) is 14.2 Å². The van der Waals surface area contributed by atoms with Crippen molar-refractivity contribution in [3.05, 3.63) is 29.3 Å². The Morgan fingerprint density at radius 2 is 1.96 bits per heavy atom. The zero-order valence-electron chi connectivity index (χ0n) is 13.6. The van der Waals surface area contributed by atoms with Crippen molar-refractivity contribution < 1.29 is 23.9 Å². The summed E-state index contributed by atoms with van der Waals surface area (Å²) in [4.78, 5) is 38.7. The van der Waals surface area contributed by atoms with Gasteiger partial charge in [0.15, 0.2) is 0 Å². The van der Waals surface area contributed by atoms with Crippen molar-refractivity contribution in [2.75, 3.05) is 21.3 Å².